The van der Waals surface area contributed by atoms with E-state index < -0.39 is 5.60 Å². The van der Waals surface area contributed by atoms with E-state index in [1.54, 1.807) is 25.7 Å². The number of aryl methyl sites for hydroxylation is 1. The van der Waals surface area contributed by atoms with Crippen LogP contribution in [0.5, 0.6) is 0 Å². The Bertz CT molecular complexity index is 1440. The van der Waals surface area contributed by atoms with Crippen LogP contribution in [0.2, 0.25) is 10.2 Å². The van der Waals surface area contributed by atoms with E-state index in [2.05, 4.69) is 15.0 Å². The summed E-state index contributed by atoms with van der Waals surface area (Å²) in [4.78, 5) is 13.6. The number of hydrogen-bond donors (Lipinski definition) is 0. The minimum absolute atomic E-state index is 0.362. The van der Waals surface area contributed by atoms with Crippen LogP contribution in [0.3, 0.4) is 0 Å². The van der Waals surface area contributed by atoms with Crippen molar-refractivity contribution in [1.82, 2.24) is 19.5 Å². The van der Waals surface area contributed by atoms with Gasteiger partial charge in [-0.3, -0.25) is 4.98 Å². The topological polar surface area (TPSA) is 52.8 Å². The second-order valence-corrected chi connectivity index (χ2v) is 8.41. The number of ether oxygens (including phenoxy) is 1. The highest BCUT2D eigenvalue weighted by Crippen LogP contribution is 2.43. The average molecular weight is 475 g/mol. The van der Waals surface area contributed by atoms with Gasteiger partial charge in [0.15, 0.2) is 5.60 Å². The van der Waals surface area contributed by atoms with Crippen molar-refractivity contribution in [2.45, 2.75) is 5.60 Å². The first-order chi connectivity index (χ1) is 16.1. The minimum atomic E-state index is -1.00. The summed E-state index contributed by atoms with van der Waals surface area (Å²) in [6.07, 6.45) is 7.17. The SMILES string of the molecule is COC(c1cccnc1)(c1ccc2nc(Cl)c(-c3ccccc3)c(Cl)c2c1)c1nccn1C. The number of rotatable bonds is 5. The molecule has 0 bridgehead atoms. The van der Waals surface area contributed by atoms with Gasteiger partial charge in [-0.15, -0.1) is 0 Å². The molecule has 0 saturated carbocycles. The molecule has 3 aromatic heterocycles. The summed E-state index contributed by atoms with van der Waals surface area (Å²) in [7, 11) is 3.61. The van der Waals surface area contributed by atoms with Gasteiger partial charge in [0.05, 0.1) is 10.5 Å². The molecule has 3 heterocycles. The van der Waals surface area contributed by atoms with Crippen molar-refractivity contribution < 1.29 is 4.74 Å². The molecule has 0 aliphatic rings. The first-order valence-electron chi connectivity index (χ1n) is 10.3. The molecule has 0 N–H and O–H groups in total. The molecule has 0 aliphatic heterocycles. The van der Waals surface area contributed by atoms with E-state index in [4.69, 9.17) is 27.9 Å². The van der Waals surface area contributed by atoms with Gasteiger partial charge in [-0.25, -0.2) is 9.97 Å². The van der Waals surface area contributed by atoms with Crippen LogP contribution in [0.25, 0.3) is 22.0 Å². The number of fused-ring (bicyclic) bond motifs is 1. The van der Waals surface area contributed by atoms with Crippen LogP contribution in [0.15, 0.2) is 85.5 Å². The second-order valence-electron chi connectivity index (χ2n) is 7.68. The summed E-state index contributed by atoms with van der Waals surface area (Å²) in [6.45, 7) is 0. The van der Waals surface area contributed by atoms with Crippen molar-refractivity contribution in [2.24, 2.45) is 7.05 Å². The number of aromatic nitrogens is 4. The van der Waals surface area contributed by atoms with E-state index in [0.717, 1.165) is 27.9 Å². The molecule has 1 unspecified atom stereocenters. The molecular formula is C26H20Cl2N4O. The number of imidazole rings is 1. The summed E-state index contributed by atoms with van der Waals surface area (Å²) in [5, 5.41) is 1.67. The highest BCUT2D eigenvalue weighted by Gasteiger charge is 2.40. The summed E-state index contributed by atoms with van der Waals surface area (Å²) < 4.78 is 8.19. The zero-order valence-electron chi connectivity index (χ0n) is 18.0. The Hall–Kier alpha value is -3.25. The Morgan fingerprint density at radius 3 is 2.42 bits per heavy atom. The summed E-state index contributed by atoms with van der Waals surface area (Å²) in [6, 6.07) is 19.5. The lowest BCUT2D eigenvalue weighted by Crippen LogP contribution is -2.34. The van der Waals surface area contributed by atoms with E-state index >= 15 is 0 Å². The number of halogens is 2. The van der Waals surface area contributed by atoms with Crippen molar-refractivity contribution in [3.63, 3.8) is 0 Å². The van der Waals surface area contributed by atoms with E-state index in [-0.39, 0.29) is 0 Å². The molecular weight excluding hydrogens is 455 g/mol. The molecule has 0 spiro atoms. The smallest absolute Gasteiger partial charge is 0.177 e. The predicted octanol–water partition coefficient (Wildman–Crippen LogP) is 6.28. The van der Waals surface area contributed by atoms with Gasteiger partial charge in [0.1, 0.15) is 11.0 Å². The molecule has 2 aromatic carbocycles. The maximum absolute atomic E-state index is 6.95. The van der Waals surface area contributed by atoms with Crippen molar-refractivity contribution in [1.29, 1.82) is 0 Å². The Kier molecular flexibility index (Phi) is 5.62. The number of hydrogen-bond acceptors (Lipinski definition) is 4. The molecule has 164 valence electrons. The van der Waals surface area contributed by atoms with E-state index in [1.165, 1.54) is 0 Å². The van der Waals surface area contributed by atoms with Crippen LogP contribution < -0.4 is 0 Å². The number of methoxy groups -OCH3 is 1. The summed E-state index contributed by atoms with van der Waals surface area (Å²) >= 11 is 13.5. The maximum atomic E-state index is 6.95. The van der Waals surface area contributed by atoms with E-state index in [9.17, 15) is 0 Å². The van der Waals surface area contributed by atoms with Crippen molar-refractivity contribution in [2.75, 3.05) is 7.11 Å². The quantitative estimate of drug-likeness (QED) is 0.281. The monoisotopic (exact) mass is 474 g/mol. The predicted molar refractivity (Wildman–Crippen MR) is 132 cm³/mol. The largest absolute Gasteiger partial charge is 0.361 e. The van der Waals surface area contributed by atoms with Crippen LogP contribution in [0, 0.1) is 0 Å². The van der Waals surface area contributed by atoms with Crippen LogP contribution in [0.1, 0.15) is 17.0 Å². The Labute approximate surface area is 201 Å². The normalized spacial score (nSPS) is 13.2. The van der Waals surface area contributed by atoms with Crippen LogP contribution >= 0.6 is 23.2 Å². The van der Waals surface area contributed by atoms with Gasteiger partial charge in [0, 0.05) is 55.5 Å². The number of pyridine rings is 2. The van der Waals surface area contributed by atoms with Crippen molar-refractivity contribution >= 4 is 34.1 Å². The molecule has 0 radical (unpaired) electrons. The molecule has 1 atom stereocenters. The molecule has 5 nitrogen and oxygen atoms in total. The lowest BCUT2D eigenvalue weighted by molar-refractivity contribution is 0.0483. The Morgan fingerprint density at radius 2 is 1.76 bits per heavy atom. The maximum Gasteiger partial charge on any atom is 0.177 e. The highest BCUT2D eigenvalue weighted by atomic mass is 35.5. The Morgan fingerprint density at radius 1 is 0.939 bits per heavy atom. The second kappa shape index (κ2) is 8.60. The van der Waals surface area contributed by atoms with Crippen LogP contribution in [-0.4, -0.2) is 26.6 Å². The first-order valence-corrected chi connectivity index (χ1v) is 11.1. The molecule has 33 heavy (non-hydrogen) atoms. The lowest BCUT2D eigenvalue weighted by Gasteiger charge is -2.33. The third-order valence-corrected chi connectivity index (χ3v) is 6.52. The van der Waals surface area contributed by atoms with Crippen molar-refractivity contribution in [3.8, 4) is 11.1 Å². The van der Waals surface area contributed by atoms with Gasteiger partial charge in [0.2, 0.25) is 0 Å². The summed E-state index contributed by atoms with van der Waals surface area (Å²) in [5.74, 6) is 0.721. The molecule has 7 heteroatoms. The zero-order valence-corrected chi connectivity index (χ0v) is 19.5. The average Bonchev–Trinajstić information content (AvgIpc) is 3.28. The first kappa shape index (κ1) is 21.6. The van der Waals surface area contributed by atoms with Crippen LogP contribution in [-0.2, 0) is 17.4 Å². The standard InChI is InChI=1S/C26H20Cl2N4O/c1-32-14-13-30-25(32)26(33-2,19-9-6-12-29-16-19)18-10-11-21-20(15-18)23(27)22(24(28)31-21)17-7-4-3-5-8-17/h3-16H,1-2H3. The van der Waals surface area contributed by atoms with Gasteiger partial charge >= 0.3 is 0 Å². The number of benzene rings is 2. The molecule has 5 rings (SSSR count). The third-order valence-electron chi connectivity index (χ3n) is 5.86. The molecule has 0 amide bonds. The highest BCUT2D eigenvalue weighted by molar-refractivity contribution is 6.42. The molecule has 5 aromatic rings. The zero-order chi connectivity index (χ0) is 23.0. The van der Waals surface area contributed by atoms with Gasteiger partial charge in [0.25, 0.3) is 0 Å². The van der Waals surface area contributed by atoms with Gasteiger partial charge < -0.3 is 9.30 Å². The minimum Gasteiger partial charge on any atom is -0.361 e. The molecule has 0 saturated heterocycles. The Balaban J connectivity index is 1.81. The van der Waals surface area contributed by atoms with E-state index in [1.807, 2.05) is 78.5 Å². The molecule has 0 aliphatic carbocycles. The van der Waals surface area contributed by atoms with Crippen molar-refractivity contribution in [3.05, 3.63) is 113 Å². The fourth-order valence-corrected chi connectivity index (χ4v) is 4.99. The van der Waals surface area contributed by atoms with E-state index in [0.29, 0.717) is 21.3 Å². The lowest BCUT2D eigenvalue weighted by atomic mass is 9.85. The fraction of sp³-hybridized carbons (Fsp3) is 0.115. The fourth-order valence-electron chi connectivity index (χ4n) is 4.29. The third kappa shape index (κ3) is 3.49. The van der Waals surface area contributed by atoms with Gasteiger partial charge in [-0.1, -0.05) is 65.7 Å². The summed E-state index contributed by atoms with van der Waals surface area (Å²) in [5.41, 5.74) is 3.00. The van der Waals surface area contributed by atoms with Crippen LogP contribution in [0.4, 0.5) is 0 Å². The van der Waals surface area contributed by atoms with Gasteiger partial charge in [-0.2, -0.15) is 0 Å². The van der Waals surface area contributed by atoms with Gasteiger partial charge in [-0.05, 0) is 29.3 Å². The molecule has 0 fully saturated rings. The number of nitrogens with zero attached hydrogens (tertiary/aromatic N) is 4.